The molecular weight excluding hydrogens is 336 g/mol. The van der Waals surface area contributed by atoms with Gasteiger partial charge in [-0.15, -0.1) is 0 Å². The molecule has 0 spiro atoms. The Morgan fingerprint density at radius 2 is 1.42 bits per heavy atom. The van der Waals surface area contributed by atoms with Crippen LogP contribution in [0.4, 0.5) is 0 Å². The van der Waals surface area contributed by atoms with Gasteiger partial charge in [0.05, 0.1) is 13.2 Å². The zero-order valence-corrected chi connectivity index (χ0v) is 12.4. The third-order valence-electron chi connectivity index (χ3n) is 4.12. The second kappa shape index (κ2) is 7.41. The van der Waals surface area contributed by atoms with Crippen LogP contribution in [0.1, 0.15) is 0 Å². The molecule has 0 aromatic heterocycles. The van der Waals surface area contributed by atoms with Crippen LogP contribution in [0.25, 0.3) is 0 Å². The monoisotopic (exact) mass is 358 g/mol. The summed E-state index contributed by atoms with van der Waals surface area (Å²) in [4.78, 5) is 0. The van der Waals surface area contributed by atoms with Gasteiger partial charge in [0.25, 0.3) is 0 Å². The number of aliphatic hydroxyl groups is 9. The maximum atomic E-state index is 10.4. The van der Waals surface area contributed by atoms with Gasteiger partial charge in [0.15, 0.2) is 12.6 Å². The van der Waals surface area contributed by atoms with Crippen molar-refractivity contribution < 1.29 is 60.2 Å². The summed E-state index contributed by atoms with van der Waals surface area (Å²) < 4.78 is 14.8. The first-order chi connectivity index (χ1) is 11.2. The van der Waals surface area contributed by atoms with E-state index in [1.54, 1.807) is 0 Å². The van der Waals surface area contributed by atoms with Crippen molar-refractivity contribution in [2.45, 2.75) is 61.1 Å². The van der Waals surface area contributed by atoms with E-state index in [-0.39, 0.29) is 0 Å². The van der Waals surface area contributed by atoms with E-state index in [4.69, 9.17) is 19.3 Å². The maximum absolute atomic E-state index is 10.4. The normalized spacial score (nSPS) is 53.1. The van der Waals surface area contributed by atoms with E-state index in [0.29, 0.717) is 0 Å². The number of hydrogen-bond acceptors (Lipinski definition) is 12. The first-order valence-electron chi connectivity index (χ1n) is 7.18. The Kier molecular flexibility index (Phi) is 6.12. The Labute approximate surface area is 135 Å². The summed E-state index contributed by atoms with van der Waals surface area (Å²) in [6.45, 7) is -1.71. The van der Waals surface area contributed by atoms with Crippen LogP contribution >= 0.6 is 0 Å². The van der Waals surface area contributed by atoms with Crippen molar-refractivity contribution in [3.63, 3.8) is 0 Å². The van der Waals surface area contributed by atoms with Crippen LogP contribution in [-0.4, -0.2) is 120 Å². The van der Waals surface area contributed by atoms with E-state index in [1.165, 1.54) is 0 Å². The van der Waals surface area contributed by atoms with Crippen LogP contribution in [0.15, 0.2) is 0 Å². The Hall–Kier alpha value is -0.480. The molecule has 0 radical (unpaired) electrons. The molecule has 0 aromatic carbocycles. The summed E-state index contributed by atoms with van der Waals surface area (Å²) in [6, 6.07) is 0. The maximum Gasteiger partial charge on any atom is 0.226 e. The van der Waals surface area contributed by atoms with Gasteiger partial charge >= 0.3 is 0 Å². The highest BCUT2D eigenvalue weighted by Crippen LogP contribution is 2.34. The predicted octanol–water partition coefficient (Wildman–Crippen LogP) is -6.08. The summed E-state index contributed by atoms with van der Waals surface area (Å²) in [5, 5.41) is 87.0. The molecule has 0 aliphatic carbocycles. The molecule has 0 amide bonds. The van der Waals surface area contributed by atoms with E-state index < -0.39 is 74.3 Å². The molecule has 0 saturated carbocycles. The second-order valence-corrected chi connectivity index (χ2v) is 5.70. The van der Waals surface area contributed by atoms with E-state index in [0.717, 1.165) is 0 Å². The molecule has 12 heteroatoms. The summed E-state index contributed by atoms with van der Waals surface area (Å²) in [7, 11) is 0. The number of ether oxygens (including phenoxy) is 3. The molecule has 12 nitrogen and oxygen atoms in total. The van der Waals surface area contributed by atoms with Gasteiger partial charge in [-0.3, -0.25) is 0 Å². The third-order valence-corrected chi connectivity index (χ3v) is 4.12. The zero-order valence-electron chi connectivity index (χ0n) is 12.4. The lowest BCUT2D eigenvalue weighted by Crippen LogP contribution is -2.71. The number of aliphatic hydroxyl groups excluding tert-OH is 8. The minimum Gasteiger partial charge on any atom is -0.394 e. The quantitative estimate of drug-likeness (QED) is 0.215. The molecule has 0 unspecified atom stereocenters. The summed E-state index contributed by atoms with van der Waals surface area (Å²) in [6.07, 6.45) is -16.4. The molecule has 2 aliphatic heterocycles. The smallest absolute Gasteiger partial charge is 0.226 e. The highest BCUT2D eigenvalue weighted by Gasteiger charge is 2.58. The Morgan fingerprint density at radius 1 is 0.792 bits per heavy atom. The Bertz CT molecular complexity index is 417. The highest BCUT2D eigenvalue weighted by molar-refractivity contribution is 4.97. The predicted molar refractivity (Wildman–Crippen MR) is 69.8 cm³/mol. The number of hydrogen-bond donors (Lipinski definition) is 9. The van der Waals surface area contributed by atoms with Crippen LogP contribution < -0.4 is 0 Å². The standard InChI is InChI=1S/C12H22O12/c13-1-3-5(15)6(16)7(17)11(22-3)24-12(21)4(2-14)23-10(20)8(18)9(12)19/h3-11,13-21H,1-2H2/t3-,4-,5-,6+,7+,8+,9-,10+,11-,12+/m0/s1. The van der Waals surface area contributed by atoms with E-state index in [2.05, 4.69) is 0 Å². The summed E-state index contributed by atoms with van der Waals surface area (Å²) in [5.74, 6) is -2.83. The zero-order chi connectivity index (χ0) is 18.2. The lowest BCUT2D eigenvalue weighted by atomic mass is 9.94. The SMILES string of the molecule is OC[C@@H]1O[C@@H](O[C@]2(O)[C@H](CO)O[C@@H](O)[C@H](O)[C@@H]2O)[C@H](O)[C@H](O)[C@H]1O. The molecule has 2 fully saturated rings. The van der Waals surface area contributed by atoms with Gasteiger partial charge in [-0.25, -0.2) is 0 Å². The summed E-state index contributed by atoms with van der Waals surface area (Å²) >= 11 is 0. The van der Waals surface area contributed by atoms with Crippen molar-refractivity contribution in [3.05, 3.63) is 0 Å². The van der Waals surface area contributed by atoms with Crippen LogP contribution in [0, 0.1) is 0 Å². The fourth-order valence-corrected chi connectivity index (χ4v) is 2.61. The van der Waals surface area contributed by atoms with Gasteiger partial charge in [0.1, 0.15) is 42.7 Å². The van der Waals surface area contributed by atoms with E-state index in [1.807, 2.05) is 0 Å². The fraction of sp³-hybridized carbons (Fsp3) is 1.00. The van der Waals surface area contributed by atoms with Crippen molar-refractivity contribution in [1.82, 2.24) is 0 Å². The van der Waals surface area contributed by atoms with Crippen molar-refractivity contribution in [3.8, 4) is 0 Å². The Morgan fingerprint density at radius 3 is 1.96 bits per heavy atom. The summed E-state index contributed by atoms with van der Waals surface area (Å²) in [5.41, 5.74) is 0. The van der Waals surface area contributed by atoms with Crippen molar-refractivity contribution >= 4 is 0 Å². The van der Waals surface area contributed by atoms with Crippen molar-refractivity contribution in [1.29, 1.82) is 0 Å². The molecule has 2 saturated heterocycles. The molecule has 2 rings (SSSR count). The van der Waals surface area contributed by atoms with Crippen LogP contribution in [0.3, 0.4) is 0 Å². The molecular formula is C12H22O12. The molecule has 10 atom stereocenters. The average Bonchev–Trinajstić information content (AvgIpc) is 2.57. The lowest BCUT2D eigenvalue weighted by Gasteiger charge is -2.49. The van der Waals surface area contributed by atoms with Gasteiger partial charge < -0.3 is 60.2 Å². The third kappa shape index (κ3) is 3.29. The minimum absolute atomic E-state index is 0.757. The van der Waals surface area contributed by atoms with Gasteiger partial charge in [-0.1, -0.05) is 0 Å². The van der Waals surface area contributed by atoms with Crippen molar-refractivity contribution in [2.75, 3.05) is 13.2 Å². The van der Waals surface area contributed by atoms with Gasteiger partial charge in [0, 0.05) is 0 Å². The average molecular weight is 358 g/mol. The highest BCUT2D eigenvalue weighted by atomic mass is 16.8. The topological polar surface area (TPSA) is 210 Å². The molecule has 9 N–H and O–H groups in total. The van der Waals surface area contributed by atoms with Crippen LogP contribution in [0.2, 0.25) is 0 Å². The first kappa shape index (κ1) is 19.8. The van der Waals surface area contributed by atoms with Crippen LogP contribution in [0.5, 0.6) is 0 Å². The Balaban J connectivity index is 2.22. The molecule has 0 aromatic rings. The molecule has 142 valence electrons. The molecule has 24 heavy (non-hydrogen) atoms. The van der Waals surface area contributed by atoms with Gasteiger partial charge in [-0.05, 0) is 0 Å². The molecule has 0 bridgehead atoms. The first-order valence-corrected chi connectivity index (χ1v) is 7.18. The van der Waals surface area contributed by atoms with Crippen molar-refractivity contribution in [2.24, 2.45) is 0 Å². The van der Waals surface area contributed by atoms with E-state index >= 15 is 0 Å². The van der Waals surface area contributed by atoms with Gasteiger partial charge in [0.2, 0.25) is 5.79 Å². The van der Waals surface area contributed by atoms with Gasteiger partial charge in [-0.2, -0.15) is 0 Å². The second-order valence-electron chi connectivity index (χ2n) is 5.70. The lowest BCUT2D eigenvalue weighted by molar-refractivity contribution is -0.438. The molecule has 2 aliphatic rings. The largest absolute Gasteiger partial charge is 0.394 e. The minimum atomic E-state index is -2.83. The molecule has 2 heterocycles. The van der Waals surface area contributed by atoms with Crippen LogP contribution in [-0.2, 0) is 14.2 Å². The van der Waals surface area contributed by atoms with E-state index in [9.17, 15) is 40.9 Å². The fourth-order valence-electron chi connectivity index (χ4n) is 2.61. The number of rotatable bonds is 4.